The molecule has 26 heavy (non-hydrogen) atoms. The van der Waals surface area contributed by atoms with Gasteiger partial charge < -0.3 is 10.6 Å². The summed E-state index contributed by atoms with van der Waals surface area (Å²) < 4.78 is 0. The van der Waals surface area contributed by atoms with E-state index in [1.54, 1.807) is 0 Å². The molecule has 2 aromatic rings. The van der Waals surface area contributed by atoms with Crippen LogP contribution < -0.4 is 10.6 Å². The molecule has 2 N–H and O–H groups in total. The number of hydrogen-bond donors (Lipinski definition) is 2. The third-order valence-electron chi connectivity index (χ3n) is 5.91. The average molecular weight is 351 g/mol. The highest BCUT2D eigenvalue weighted by molar-refractivity contribution is 5.30. The standard InChI is InChI=1S/C24H34N2/c1-4-20-11-13-21(14-12-20)16-25-23-7-5-6-8-24(23)26-17-22-10-9-18(2)19(3)15-22/h9-15,23-26H,4-8,16-17H2,1-3H3. The third kappa shape index (κ3) is 5.18. The van der Waals surface area contributed by atoms with Gasteiger partial charge in [0.1, 0.15) is 0 Å². The third-order valence-corrected chi connectivity index (χ3v) is 5.91. The zero-order valence-corrected chi connectivity index (χ0v) is 16.6. The molecule has 0 radical (unpaired) electrons. The molecule has 0 saturated heterocycles. The van der Waals surface area contributed by atoms with E-state index in [0.717, 1.165) is 19.5 Å². The van der Waals surface area contributed by atoms with E-state index >= 15 is 0 Å². The van der Waals surface area contributed by atoms with E-state index in [1.165, 1.54) is 53.5 Å². The molecule has 1 aliphatic rings. The van der Waals surface area contributed by atoms with Crippen molar-refractivity contribution in [3.8, 4) is 0 Å². The maximum atomic E-state index is 3.83. The minimum Gasteiger partial charge on any atom is -0.308 e. The summed E-state index contributed by atoms with van der Waals surface area (Å²) in [5.41, 5.74) is 6.96. The number of aryl methyl sites for hydroxylation is 3. The van der Waals surface area contributed by atoms with Gasteiger partial charge in [0.2, 0.25) is 0 Å². The van der Waals surface area contributed by atoms with Crippen LogP contribution in [0.2, 0.25) is 0 Å². The van der Waals surface area contributed by atoms with Crippen LogP contribution in [0.25, 0.3) is 0 Å². The molecule has 2 atom stereocenters. The van der Waals surface area contributed by atoms with Gasteiger partial charge >= 0.3 is 0 Å². The highest BCUT2D eigenvalue weighted by atomic mass is 15.0. The number of benzene rings is 2. The Kier molecular flexibility index (Phi) is 6.87. The molecule has 140 valence electrons. The van der Waals surface area contributed by atoms with Crippen LogP contribution in [0.15, 0.2) is 42.5 Å². The number of rotatable bonds is 7. The van der Waals surface area contributed by atoms with Crippen molar-refractivity contribution in [2.45, 2.75) is 78.0 Å². The van der Waals surface area contributed by atoms with Crippen LogP contribution >= 0.6 is 0 Å². The molecule has 0 amide bonds. The number of hydrogen-bond acceptors (Lipinski definition) is 2. The zero-order valence-electron chi connectivity index (χ0n) is 16.6. The Hall–Kier alpha value is -1.64. The lowest BCUT2D eigenvalue weighted by atomic mass is 9.90. The van der Waals surface area contributed by atoms with Gasteiger partial charge in [-0.3, -0.25) is 0 Å². The van der Waals surface area contributed by atoms with Crippen molar-refractivity contribution < 1.29 is 0 Å². The molecular formula is C24H34N2. The molecule has 1 fully saturated rings. The molecule has 2 unspecified atom stereocenters. The van der Waals surface area contributed by atoms with Crippen LogP contribution in [0.1, 0.15) is 60.4 Å². The van der Waals surface area contributed by atoms with Crippen LogP contribution in [0.4, 0.5) is 0 Å². The van der Waals surface area contributed by atoms with Crippen molar-refractivity contribution in [1.82, 2.24) is 10.6 Å². The molecule has 3 rings (SSSR count). The average Bonchev–Trinajstić information content (AvgIpc) is 2.68. The Morgan fingerprint density at radius 3 is 1.85 bits per heavy atom. The SMILES string of the molecule is CCc1ccc(CNC2CCCCC2NCc2ccc(C)c(C)c2)cc1. The van der Waals surface area contributed by atoms with E-state index in [2.05, 4.69) is 73.9 Å². The quantitative estimate of drug-likeness (QED) is 0.729. The maximum Gasteiger partial charge on any atom is 0.0224 e. The maximum absolute atomic E-state index is 3.83. The summed E-state index contributed by atoms with van der Waals surface area (Å²) in [6, 6.07) is 17.0. The van der Waals surface area contributed by atoms with E-state index in [4.69, 9.17) is 0 Å². The van der Waals surface area contributed by atoms with Crippen LogP contribution in [0.5, 0.6) is 0 Å². The molecule has 0 aliphatic heterocycles. The van der Waals surface area contributed by atoms with Gasteiger partial charge in [-0.2, -0.15) is 0 Å². The molecule has 0 bridgehead atoms. The van der Waals surface area contributed by atoms with E-state index in [-0.39, 0.29) is 0 Å². The molecule has 0 aromatic heterocycles. The van der Waals surface area contributed by atoms with E-state index in [1.807, 2.05) is 0 Å². The minimum absolute atomic E-state index is 0.570. The normalized spacial score (nSPS) is 20.3. The largest absolute Gasteiger partial charge is 0.308 e. The van der Waals surface area contributed by atoms with E-state index < -0.39 is 0 Å². The van der Waals surface area contributed by atoms with Gasteiger partial charge in [0.05, 0.1) is 0 Å². The van der Waals surface area contributed by atoms with Gasteiger partial charge in [0.25, 0.3) is 0 Å². The highest BCUT2D eigenvalue weighted by Gasteiger charge is 2.24. The Balaban J connectivity index is 1.54. The van der Waals surface area contributed by atoms with Crippen LogP contribution in [-0.4, -0.2) is 12.1 Å². The van der Waals surface area contributed by atoms with Gasteiger partial charge in [-0.15, -0.1) is 0 Å². The highest BCUT2D eigenvalue weighted by Crippen LogP contribution is 2.20. The summed E-state index contributed by atoms with van der Waals surface area (Å²) in [7, 11) is 0. The fraction of sp³-hybridized carbons (Fsp3) is 0.500. The first-order valence-electron chi connectivity index (χ1n) is 10.3. The fourth-order valence-electron chi connectivity index (χ4n) is 3.92. The predicted octanol–water partition coefficient (Wildman–Crippen LogP) is 5.06. The lowest BCUT2D eigenvalue weighted by Gasteiger charge is -2.33. The van der Waals surface area contributed by atoms with E-state index in [0.29, 0.717) is 12.1 Å². The summed E-state index contributed by atoms with van der Waals surface area (Å²) in [5.74, 6) is 0. The summed E-state index contributed by atoms with van der Waals surface area (Å²) >= 11 is 0. The summed E-state index contributed by atoms with van der Waals surface area (Å²) in [6.07, 6.45) is 6.35. The summed E-state index contributed by atoms with van der Waals surface area (Å²) in [4.78, 5) is 0. The van der Waals surface area contributed by atoms with Crippen molar-refractivity contribution in [2.24, 2.45) is 0 Å². The zero-order chi connectivity index (χ0) is 18.4. The molecule has 1 aliphatic carbocycles. The molecular weight excluding hydrogens is 316 g/mol. The molecule has 2 aromatic carbocycles. The minimum atomic E-state index is 0.570. The molecule has 2 nitrogen and oxygen atoms in total. The summed E-state index contributed by atoms with van der Waals surface area (Å²) in [6.45, 7) is 8.53. The van der Waals surface area contributed by atoms with Gasteiger partial charge in [-0.1, -0.05) is 62.2 Å². The molecule has 0 spiro atoms. The molecule has 0 heterocycles. The van der Waals surface area contributed by atoms with Crippen molar-refractivity contribution in [3.05, 3.63) is 70.3 Å². The Bertz CT molecular complexity index is 690. The van der Waals surface area contributed by atoms with Crippen molar-refractivity contribution in [1.29, 1.82) is 0 Å². The topological polar surface area (TPSA) is 24.1 Å². The van der Waals surface area contributed by atoms with Gasteiger partial charge in [0.15, 0.2) is 0 Å². The number of nitrogens with one attached hydrogen (secondary N) is 2. The lowest BCUT2D eigenvalue weighted by Crippen LogP contribution is -2.49. The first-order chi connectivity index (χ1) is 12.7. The predicted molar refractivity (Wildman–Crippen MR) is 111 cm³/mol. The van der Waals surface area contributed by atoms with Crippen LogP contribution in [-0.2, 0) is 19.5 Å². The van der Waals surface area contributed by atoms with Crippen LogP contribution in [0, 0.1) is 13.8 Å². The van der Waals surface area contributed by atoms with Crippen molar-refractivity contribution >= 4 is 0 Å². The first-order valence-corrected chi connectivity index (χ1v) is 10.3. The van der Waals surface area contributed by atoms with Gasteiger partial charge in [-0.25, -0.2) is 0 Å². The second kappa shape index (κ2) is 9.34. The molecule has 2 heteroatoms. The van der Waals surface area contributed by atoms with Gasteiger partial charge in [0, 0.05) is 25.2 Å². The fourth-order valence-corrected chi connectivity index (χ4v) is 3.92. The van der Waals surface area contributed by atoms with Crippen molar-refractivity contribution in [2.75, 3.05) is 0 Å². The van der Waals surface area contributed by atoms with Gasteiger partial charge in [-0.05, 0) is 60.9 Å². The second-order valence-corrected chi connectivity index (χ2v) is 7.85. The Labute approximate surface area is 159 Å². The molecule has 1 saturated carbocycles. The first kappa shape index (κ1) is 19.1. The van der Waals surface area contributed by atoms with Crippen LogP contribution in [0.3, 0.4) is 0 Å². The second-order valence-electron chi connectivity index (χ2n) is 7.85. The Morgan fingerprint density at radius 2 is 1.27 bits per heavy atom. The summed E-state index contributed by atoms with van der Waals surface area (Å²) in [5, 5.41) is 7.65. The Morgan fingerprint density at radius 1 is 0.731 bits per heavy atom. The van der Waals surface area contributed by atoms with Crippen molar-refractivity contribution in [3.63, 3.8) is 0 Å². The lowest BCUT2D eigenvalue weighted by molar-refractivity contribution is 0.281. The smallest absolute Gasteiger partial charge is 0.0224 e. The van der Waals surface area contributed by atoms with E-state index in [9.17, 15) is 0 Å². The monoisotopic (exact) mass is 350 g/mol.